The van der Waals surface area contributed by atoms with Crippen LogP contribution in [0.5, 0.6) is 0 Å². The zero-order valence-corrected chi connectivity index (χ0v) is 26.1. The highest BCUT2D eigenvalue weighted by Gasteiger charge is 2.34. The van der Waals surface area contributed by atoms with E-state index in [4.69, 9.17) is 10.8 Å². The summed E-state index contributed by atoms with van der Waals surface area (Å²) < 4.78 is 72.7. The number of aromatic amines is 2. The van der Waals surface area contributed by atoms with Gasteiger partial charge in [0.15, 0.2) is 10.3 Å². The van der Waals surface area contributed by atoms with Crippen LogP contribution in [-0.2, 0) is 34.8 Å². The van der Waals surface area contributed by atoms with Crippen LogP contribution in [0.3, 0.4) is 0 Å². The van der Waals surface area contributed by atoms with E-state index in [-0.39, 0.29) is 23.1 Å². The molecule has 0 aliphatic carbocycles. The largest absolute Gasteiger partial charge is 0.481 e. The van der Waals surface area contributed by atoms with Gasteiger partial charge in [-0.05, 0) is 48.2 Å². The van der Waals surface area contributed by atoms with E-state index in [1.54, 1.807) is 12.4 Å². The molecule has 6 rings (SSSR count). The Morgan fingerprint density at radius 1 is 0.809 bits per heavy atom. The van der Waals surface area contributed by atoms with Gasteiger partial charge in [0, 0.05) is 34.2 Å². The second kappa shape index (κ2) is 14.3. The molecule has 1 amide bonds. The molecule has 0 saturated heterocycles. The second-order valence-electron chi connectivity index (χ2n) is 10.1. The normalized spacial score (nSPS) is 11.5. The Labute approximate surface area is 270 Å². The number of halogens is 6. The molecule has 0 fully saturated rings. The molecule has 4 aromatic heterocycles. The van der Waals surface area contributed by atoms with Gasteiger partial charge in [-0.2, -0.15) is 26.3 Å². The Morgan fingerprint density at radius 3 is 1.72 bits per heavy atom. The van der Waals surface area contributed by atoms with Crippen LogP contribution in [0, 0.1) is 13.8 Å². The third-order valence-electron chi connectivity index (χ3n) is 6.37. The number of benzene rings is 2. The summed E-state index contributed by atoms with van der Waals surface area (Å²) in [6.07, 6.45) is -3.70. The highest BCUT2D eigenvalue weighted by atomic mass is 32.1. The molecule has 0 spiro atoms. The predicted molar refractivity (Wildman–Crippen MR) is 168 cm³/mol. The number of H-pyrrole nitrogens is 2. The predicted octanol–water partition coefficient (Wildman–Crippen LogP) is 7.98. The van der Waals surface area contributed by atoms with E-state index in [0.717, 1.165) is 50.9 Å². The molecule has 0 aliphatic heterocycles. The van der Waals surface area contributed by atoms with Crippen LogP contribution in [0.25, 0.3) is 21.8 Å². The van der Waals surface area contributed by atoms with Crippen molar-refractivity contribution in [2.24, 2.45) is 0 Å². The highest BCUT2D eigenvalue weighted by molar-refractivity contribution is 7.16. The third-order valence-corrected chi connectivity index (χ3v) is 8.20. The van der Waals surface area contributed by atoms with E-state index < -0.39 is 34.0 Å². The Bertz CT molecular complexity index is 2010. The lowest BCUT2D eigenvalue weighted by Gasteiger charge is -2.02. The molecule has 0 saturated carbocycles. The first kappa shape index (κ1) is 35.0. The van der Waals surface area contributed by atoms with Crippen molar-refractivity contribution in [3.8, 4) is 0 Å². The molecule has 9 nitrogen and oxygen atoms in total. The van der Waals surface area contributed by atoms with Gasteiger partial charge in [-0.1, -0.05) is 46.9 Å². The maximum atomic E-state index is 12.5. The minimum atomic E-state index is -4.45. The van der Waals surface area contributed by atoms with E-state index in [0.29, 0.717) is 22.7 Å². The average molecular weight is 697 g/mol. The lowest BCUT2D eigenvalue weighted by molar-refractivity contribution is -0.136. The molecule has 47 heavy (non-hydrogen) atoms. The molecular formula is C30H26F6N6O3S2. The minimum absolute atomic E-state index is 0.0574. The topological polar surface area (TPSA) is 150 Å². The van der Waals surface area contributed by atoms with Gasteiger partial charge in [-0.15, -0.1) is 0 Å². The number of nitrogens with one attached hydrogen (secondary N) is 3. The number of nitrogen functional groups attached to an aromatic ring is 1. The maximum Gasteiger partial charge on any atom is 0.427 e. The van der Waals surface area contributed by atoms with Crippen LogP contribution >= 0.6 is 22.7 Å². The molecule has 0 unspecified atom stereocenters. The number of carboxylic acid groups (broad SMARTS) is 1. The van der Waals surface area contributed by atoms with Crippen LogP contribution in [0.2, 0.25) is 0 Å². The van der Waals surface area contributed by atoms with Crippen LogP contribution < -0.4 is 11.1 Å². The number of nitrogens with two attached hydrogens (primary N) is 1. The van der Waals surface area contributed by atoms with Gasteiger partial charge < -0.3 is 26.1 Å². The molecular weight excluding hydrogens is 670 g/mol. The number of rotatable bonds is 5. The van der Waals surface area contributed by atoms with Gasteiger partial charge in [-0.3, -0.25) is 9.59 Å². The second-order valence-corrected chi connectivity index (χ2v) is 12.2. The molecule has 0 radical (unpaired) electrons. The fraction of sp³-hybridized carbons (Fsp3) is 0.200. The summed E-state index contributed by atoms with van der Waals surface area (Å²) in [6.45, 7) is 3.98. The van der Waals surface area contributed by atoms with Crippen molar-refractivity contribution in [1.29, 1.82) is 0 Å². The summed E-state index contributed by atoms with van der Waals surface area (Å²) in [5.74, 6) is -1.21. The lowest BCUT2D eigenvalue weighted by Crippen LogP contribution is -2.13. The zero-order chi connectivity index (χ0) is 34.5. The number of fused-ring (bicyclic) bond motifs is 2. The molecule has 2 aromatic carbocycles. The van der Waals surface area contributed by atoms with Crippen molar-refractivity contribution >= 4 is 66.6 Å². The smallest absolute Gasteiger partial charge is 0.427 e. The van der Waals surface area contributed by atoms with Crippen LogP contribution in [0.4, 0.5) is 36.6 Å². The Kier molecular flexibility index (Phi) is 10.6. The zero-order valence-electron chi connectivity index (χ0n) is 24.5. The standard InChI is InChI=1S/C15H12F3N3OS.C11H11NO2.C4H3F3N2S/c1-8-2-3-10-9(6-19-11(10)4-8)5-13(22)21-14-20-7-12(23-14)15(16,17)18;1-7-2-3-9-8(5-11(13)14)6-12-10(9)4-7;5-4(6,7)2-1-9-3(8)10-2/h2-4,6-7,19H,5H2,1H3,(H,20,21,22);2-4,6,12H,5H2,1H3,(H,13,14);1H,(H2,8,9). The van der Waals surface area contributed by atoms with E-state index >= 15 is 0 Å². The van der Waals surface area contributed by atoms with Crippen LogP contribution in [-0.4, -0.2) is 36.9 Å². The van der Waals surface area contributed by atoms with Gasteiger partial charge in [0.25, 0.3) is 0 Å². The van der Waals surface area contributed by atoms with E-state index in [9.17, 15) is 35.9 Å². The lowest BCUT2D eigenvalue weighted by atomic mass is 10.1. The van der Waals surface area contributed by atoms with Crippen molar-refractivity contribution in [2.45, 2.75) is 39.0 Å². The fourth-order valence-corrected chi connectivity index (χ4v) is 5.53. The first-order valence-corrected chi connectivity index (χ1v) is 15.1. The van der Waals surface area contributed by atoms with E-state index in [1.807, 2.05) is 50.2 Å². The molecule has 248 valence electrons. The van der Waals surface area contributed by atoms with Gasteiger partial charge in [0.2, 0.25) is 5.91 Å². The summed E-state index contributed by atoms with van der Waals surface area (Å²) >= 11 is 0.847. The van der Waals surface area contributed by atoms with E-state index in [2.05, 4.69) is 25.3 Å². The third kappa shape index (κ3) is 9.55. The molecule has 0 atom stereocenters. The number of carboxylic acids is 1. The van der Waals surface area contributed by atoms with Crippen molar-refractivity contribution in [2.75, 3.05) is 11.1 Å². The molecule has 6 N–H and O–H groups in total. The average Bonchev–Trinajstić information content (AvgIpc) is 3.77. The molecule has 17 heteroatoms. The Balaban J connectivity index is 0.000000177. The summed E-state index contributed by atoms with van der Waals surface area (Å²) in [4.78, 5) is 34.0. The first-order valence-electron chi connectivity index (χ1n) is 13.5. The minimum Gasteiger partial charge on any atom is -0.481 e. The number of aliphatic carboxylic acids is 1. The van der Waals surface area contributed by atoms with Crippen molar-refractivity contribution < 1.29 is 41.0 Å². The van der Waals surface area contributed by atoms with Crippen molar-refractivity contribution in [3.05, 3.63) is 93.2 Å². The number of alkyl halides is 6. The number of aryl methyl sites for hydroxylation is 2. The number of hydrogen-bond donors (Lipinski definition) is 5. The van der Waals surface area contributed by atoms with E-state index in [1.165, 1.54) is 5.56 Å². The SMILES string of the molecule is Cc1ccc2c(CC(=O)Nc3ncc(C(F)(F)F)s3)c[nH]c2c1.Cc1ccc2c(CC(=O)O)c[nH]c2c1.Nc1ncc(C(F)(F)F)s1. The molecule has 0 aliphatic rings. The number of thiazole rings is 2. The van der Waals surface area contributed by atoms with Gasteiger partial charge >= 0.3 is 18.3 Å². The van der Waals surface area contributed by atoms with Crippen molar-refractivity contribution in [3.63, 3.8) is 0 Å². The summed E-state index contributed by atoms with van der Waals surface area (Å²) in [7, 11) is 0. The molecule has 4 heterocycles. The monoisotopic (exact) mass is 696 g/mol. The Morgan fingerprint density at radius 2 is 1.30 bits per heavy atom. The number of nitrogens with zero attached hydrogens (tertiary/aromatic N) is 2. The van der Waals surface area contributed by atoms with Gasteiger partial charge in [0.1, 0.15) is 9.75 Å². The van der Waals surface area contributed by atoms with Crippen molar-refractivity contribution in [1.82, 2.24) is 19.9 Å². The summed E-state index contributed by atoms with van der Waals surface area (Å²) in [5.41, 5.74) is 10.8. The molecule has 6 aromatic rings. The van der Waals surface area contributed by atoms with Crippen LogP contribution in [0.15, 0.2) is 61.2 Å². The maximum absolute atomic E-state index is 12.5. The Hall–Kier alpha value is -4.90. The highest BCUT2D eigenvalue weighted by Crippen LogP contribution is 2.35. The number of carbonyl (C=O) groups is 2. The summed E-state index contributed by atoms with van der Waals surface area (Å²) in [6, 6.07) is 11.8. The number of amides is 1. The quantitative estimate of drug-likeness (QED) is 0.115. The van der Waals surface area contributed by atoms with Crippen LogP contribution in [0.1, 0.15) is 32.0 Å². The van der Waals surface area contributed by atoms with Gasteiger partial charge in [-0.25, -0.2) is 9.97 Å². The van der Waals surface area contributed by atoms with Gasteiger partial charge in [0.05, 0.1) is 25.2 Å². The number of anilines is 2. The summed E-state index contributed by atoms with van der Waals surface area (Å²) in [5, 5.41) is 12.9. The molecule has 0 bridgehead atoms. The number of aromatic nitrogens is 4. The fourth-order valence-electron chi connectivity index (χ4n) is 4.27. The number of carbonyl (C=O) groups excluding carboxylic acids is 1. The first-order chi connectivity index (χ1) is 22.0. The number of hydrogen-bond acceptors (Lipinski definition) is 7.